The Hall–Kier alpha value is -0.430. The maximum absolute atomic E-state index is 12.5. The second kappa shape index (κ2) is 6.14. The number of nitrogens with zero attached hydrogens (tertiary/aromatic N) is 1. The highest BCUT2D eigenvalue weighted by molar-refractivity contribution is 7.91. The van der Waals surface area contributed by atoms with Crippen LogP contribution in [-0.2, 0) is 10.0 Å². The Kier molecular flexibility index (Phi) is 4.77. The van der Waals surface area contributed by atoms with Crippen molar-refractivity contribution >= 4 is 21.4 Å². The van der Waals surface area contributed by atoms with E-state index >= 15 is 0 Å². The first-order valence-electron chi connectivity index (χ1n) is 6.41. The zero-order valence-corrected chi connectivity index (χ0v) is 12.3. The maximum atomic E-state index is 12.5. The molecule has 1 fully saturated rings. The van der Waals surface area contributed by atoms with Crippen LogP contribution in [0.4, 0.5) is 0 Å². The van der Waals surface area contributed by atoms with Crippen LogP contribution in [0.5, 0.6) is 0 Å². The lowest BCUT2D eigenvalue weighted by Gasteiger charge is -2.24. The summed E-state index contributed by atoms with van der Waals surface area (Å²) in [6, 6.07) is 3.78. The fourth-order valence-corrected chi connectivity index (χ4v) is 4.98. The maximum Gasteiger partial charge on any atom is 0.252 e. The molecule has 1 aliphatic heterocycles. The molecule has 4 nitrogen and oxygen atoms in total. The van der Waals surface area contributed by atoms with Gasteiger partial charge in [-0.25, -0.2) is 8.42 Å². The SMILES string of the molecule is CCCN(CC1CCCN1)S(=O)(=O)c1cccs1. The molecule has 1 aromatic heterocycles. The summed E-state index contributed by atoms with van der Waals surface area (Å²) in [5, 5.41) is 5.17. The van der Waals surface area contributed by atoms with Gasteiger partial charge in [0.2, 0.25) is 0 Å². The van der Waals surface area contributed by atoms with Crippen molar-refractivity contribution in [3.05, 3.63) is 17.5 Å². The van der Waals surface area contributed by atoms with Gasteiger partial charge in [-0.2, -0.15) is 4.31 Å². The third kappa shape index (κ3) is 3.12. The topological polar surface area (TPSA) is 49.4 Å². The highest BCUT2D eigenvalue weighted by Gasteiger charge is 2.28. The summed E-state index contributed by atoms with van der Waals surface area (Å²) in [6.07, 6.45) is 3.06. The molecule has 1 unspecified atom stereocenters. The van der Waals surface area contributed by atoms with Crippen LogP contribution in [-0.4, -0.2) is 38.4 Å². The van der Waals surface area contributed by atoms with Crippen molar-refractivity contribution in [1.29, 1.82) is 0 Å². The van der Waals surface area contributed by atoms with Crippen molar-refractivity contribution < 1.29 is 8.42 Å². The average molecular weight is 288 g/mol. The van der Waals surface area contributed by atoms with Crippen LogP contribution in [0.3, 0.4) is 0 Å². The van der Waals surface area contributed by atoms with Crippen molar-refractivity contribution in [2.24, 2.45) is 0 Å². The van der Waals surface area contributed by atoms with Crippen LogP contribution in [0.1, 0.15) is 26.2 Å². The van der Waals surface area contributed by atoms with Gasteiger partial charge in [-0.3, -0.25) is 0 Å². The molecule has 0 spiro atoms. The van der Waals surface area contributed by atoms with Gasteiger partial charge in [-0.15, -0.1) is 11.3 Å². The summed E-state index contributed by atoms with van der Waals surface area (Å²) in [5.74, 6) is 0. The molecule has 18 heavy (non-hydrogen) atoms. The van der Waals surface area contributed by atoms with Crippen molar-refractivity contribution in [3.8, 4) is 0 Å². The zero-order valence-electron chi connectivity index (χ0n) is 10.6. The molecule has 1 atom stereocenters. The van der Waals surface area contributed by atoms with Gasteiger partial charge in [-0.05, 0) is 37.3 Å². The van der Waals surface area contributed by atoms with Crippen LogP contribution >= 0.6 is 11.3 Å². The third-order valence-corrected chi connectivity index (χ3v) is 6.39. The predicted octanol–water partition coefficient (Wildman–Crippen LogP) is 1.90. The molecule has 1 aromatic rings. The fraction of sp³-hybridized carbons (Fsp3) is 0.667. The van der Waals surface area contributed by atoms with E-state index in [4.69, 9.17) is 0 Å². The third-order valence-electron chi connectivity index (χ3n) is 3.15. The van der Waals surface area contributed by atoms with Gasteiger partial charge < -0.3 is 5.32 Å². The van der Waals surface area contributed by atoms with Crippen LogP contribution in [0.25, 0.3) is 0 Å². The molecule has 102 valence electrons. The van der Waals surface area contributed by atoms with Gasteiger partial charge in [0.05, 0.1) is 0 Å². The Morgan fingerprint density at radius 3 is 2.94 bits per heavy atom. The Bertz CT molecular complexity index is 450. The second-order valence-electron chi connectivity index (χ2n) is 4.59. The number of thiophene rings is 1. The first-order chi connectivity index (χ1) is 8.64. The largest absolute Gasteiger partial charge is 0.313 e. The van der Waals surface area contributed by atoms with Gasteiger partial charge in [0.15, 0.2) is 0 Å². The molecule has 0 aromatic carbocycles. The minimum absolute atomic E-state index is 0.311. The van der Waals surface area contributed by atoms with E-state index < -0.39 is 10.0 Å². The van der Waals surface area contributed by atoms with E-state index in [2.05, 4.69) is 5.32 Å². The monoisotopic (exact) mass is 288 g/mol. The molecule has 1 N–H and O–H groups in total. The van der Waals surface area contributed by atoms with Gasteiger partial charge in [0.1, 0.15) is 4.21 Å². The minimum atomic E-state index is -3.30. The van der Waals surface area contributed by atoms with Crippen LogP contribution in [0.15, 0.2) is 21.7 Å². The standard InChI is InChI=1S/C12H20N2O2S2/c1-2-8-14(10-11-5-3-7-13-11)18(15,16)12-6-4-9-17-12/h4,6,9,11,13H,2-3,5,7-8,10H2,1H3. The van der Waals surface area contributed by atoms with E-state index in [9.17, 15) is 8.42 Å². The normalized spacial score (nSPS) is 20.7. The van der Waals surface area contributed by atoms with E-state index in [1.54, 1.807) is 16.4 Å². The minimum Gasteiger partial charge on any atom is -0.313 e. The summed E-state index contributed by atoms with van der Waals surface area (Å²) in [7, 11) is -3.30. The van der Waals surface area contributed by atoms with E-state index in [1.165, 1.54) is 11.3 Å². The molecule has 2 rings (SSSR count). The molecule has 0 aliphatic carbocycles. The molecule has 2 heterocycles. The van der Waals surface area contributed by atoms with Crippen LogP contribution in [0, 0.1) is 0 Å². The molecule has 0 radical (unpaired) electrons. The quantitative estimate of drug-likeness (QED) is 0.870. The van der Waals surface area contributed by atoms with Gasteiger partial charge in [0.25, 0.3) is 10.0 Å². The Labute approximate surface area is 113 Å². The smallest absolute Gasteiger partial charge is 0.252 e. The average Bonchev–Trinajstić information content (AvgIpc) is 3.01. The fourth-order valence-electron chi connectivity index (χ4n) is 2.25. The highest BCUT2D eigenvalue weighted by atomic mass is 32.2. The number of nitrogens with one attached hydrogen (secondary N) is 1. The molecular weight excluding hydrogens is 268 g/mol. The molecular formula is C12H20N2O2S2. The number of hydrogen-bond donors (Lipinski definition) is 1. The van der Waals surface area contributed by atoms with Crippen molar-refractivity contribution in [2.75, 3.05) is 19.6 Å². The summed E-state index contributed by atoms with van der Waals surface area (Å²) in [5.41, 5.74) is 0. The number of hydrogen-bond acceptors (Lipinski definition) is 4. The first kappa shape index (κ1) is 14.0. The second-order valence-corrected chi connectivity index (χ2v) is 7.70. The van der Waals surface area contributed by atoms with E-state index in [0.717, 1.165) is 25.8 Å². The number of sulfonamides is 1. The molecule has 0 saturated carbocycles. The lowest BCUT2D eigenvalue weighted by atomic mass is 10.2. The van der Waals surface area contributed by atoms with Crippen molar-refractivity contribution in [3.63, 3.8) is 0 Å². The van der Waals surface area contributed by atoms with E-state index in [-0.39, 0.29) is 0 Å². The molecule has 1 aliphatic rings. The lowest BCUT2D eigenvalue weighted by Crippen LogP contribution is -2.41. The summed E-state index contributed by atoms with van der Waals surface area (Å²) in [4.78, 5) is 0. The van der Waals surface area contributed by atoms with Crippen LogP contribution in [0.2, 0.25) is 0 Å². The first-order valence-corrected chi connectivity index (χ1v) is 8.73. The van der Waals surface area contributed by atoms with Crippen LogP contribution < -0.4 is 5.32 Å². The highest BCUT2D eigenvalue weighted by Crippen LogP contribution is 2.22. The Morgan fingerprint density at radius 2 is 2.39 bits per heavy atom. The summed E-state index contributed by atoms with van der Waals surface area (Å²) in [6.45, 7) is 4.20. The Morgan fingerprint density at radius 1 is 1.56 bits per heavy atom. The summed E-state index contributed by atoms with van der Waals surface area (Å²) >= 11 is 1.29. The molecule has 0 amide bonds. The zero-order chi connectivity index (χ0) is 13.0. The lowest BCUT2D eigenvalue weighted by molar-refractivity contribution is 0.370. The van der Waals surface area contributed by atoms with E-state index in [1.807, 2.05) is 12.3 Å². The summed E-state index contributed by atoms with van der Waals surface area (Å²) < 4.78 is 27.0. The van der Waals surface area contributed by atoms with Gasteiger partial charge in [0, 0.05) is 19.1 Å². The van der Waals surface area contributed by atoms with E-state index in [0.29, 0.717) is 23.3 Å². The Balaban J connectivity index is 2.13. The molecule has 1 saturated heterocycles. The number of rotatable bonds is 6. The van der Waals surface area contributed by atoms with Crippen molar-refractivity contribution in [2.45, 2.75) is 36.4 Å². The molecule has 0 bridgehead atoms. The molecule has 6 heteroatoms. The van der Waals surface area contributed by atoms with Gasteiger partial charge in [-0.1, -0.05) is 13.0 Å². The van der Waals surface area contributed by atoms with Crippen molar-refractivity contribution in [1.82, 2.24) is 9.62 Å². The predicted molar refractivity (Wildman–Crippen MR) is 74.4 cm³/mol. The van der Waals surface area contributed by atoms with Gasteiger partial charge >= 0.3 is 0 Å².